The Hall–Kier alpha value is -0.480. The summed E-state index contributed by atoms with van der Waals surface area (Å²) in [7, 11) is 0. The topological polar surface area (TPSA) is 37.8 Å². The Balaban J connectivity index is 2.43. The standard InChI is InChI=1S/C9H14ClN3S/c1-3-14-6-7(2)12-9-5-11-4-8(10)13-9/h4-5,7H,3,6H2,1-2H3,(H,12,13). The number of nitrogens with one attached hydrogen (secondary N) is 1. The second-order valence-electron chi connectivity index (χ2n) is 2.93. The maximum atomic E-state index is 5.71. The molecule has 0 saturated heterocycles. The van der Waals surface area contributed by atoms with Crippen molar-refractivity contribution in [3.8, 4) is 0 Å². The van der Waals surface area contributed by atoms with Crippen LogP contribution in [0.1, 0.15) is 13.8 Å². The van der Waals surface area contributed by atoms with Crippen LogP contribution in [0.3, 0.4) is 0 Å². The molecule has 5 heteroatoms. The van der Waals surface area contributed by atoms with Gasteiger partial charge in [-0.15, -0.1) is 0 Å². The van der Waals surface area contributed by atoms with Crippen LogP contribution >= 0.6 is 23.4 Å². The molecule has 0 fully saturated rings. The zero-order valence-electron chi connectivity index (χ0n) is 8.33. The van der Waals surface area contributed by atoms with Crippen LogP contribution in [0, 0.1) is 0 Å². The zero-order chi connectivity index (χ0) is 10.4. The molecule has 3 nitrogen and oxygen atoms in total. The van der Waals surface area contributed by atoms with E-state index in [-0.39, 0.29) is 0 Å². The fraction of sp³-hybridized carbons (Fsp3) is 0.556. The average molecular weight is 232 g/mol. The van der Waals surface area contributed by atoms with Crippen LogP contribution in [0.15, 0.2) is 12.4 Å². The largest absolute Gasteiger partial charge is 0.365 e. The number of hydrogen-bond acceptors (Lipinski definition) is 4. The fourth-order valence-electron chi connectivity index (χ4n) is 1.00. The van der Waals surface area contributed by atoms with Crippen molar-refractivity contribution in [1.29, 1.82) is 0 Å². The quantitative estimate of drug-likeness (QED) is 0.846. The molecule has 0 aliphatic carbocycles. The lowest BCUT2D eigenvalue weighted by Gasteiger charge is -2.12. The van der Waals surface area contributed by atoms with E-state index in [1.54, 1.807) is 6.20 Å². The van der Waals surface area contributed by atoms with Crippen molar-refractivity contribution in [2.75, 3.05) is 16.8 Å². The highest BCUT2D eigenvalue weighted by molar-refractivity contribution is 7.99. The minimum absolute atomic E-state index is 0.382. The highest BCUT2D eigenvalue weighted by Gasteiger charge is 2.02. The zero-order valence-corrected chi connectivity index (χ0v) is 9.90. The second kappa shape index (κ2) is 6.09. The summed E-state index contributed by atoms with van der Waals surface area (Å²) in [5, 5.41) is 3.66. The Labute approximate surface area is 93.7 Å². The molecule has 1 heterocycles. The average Bonchev–Trinajstić information content (AvgIpc) is 2.15. The highest BCUT2D eigenvalue weighted by atomic mass is 35.5. The van der Waals surface area contributed by atoms with E-state index in [1.165, 1.54) is 6.20 Å². The summed E-state index contributed by atoms with van der Waals surface area (Å²) in [6, 6.07) is 0.382. The lowest BCUT2D eigenvalue weighted by molar-refractivity contribution is 0.898. The first kappa shape index (κ1) is 11.6. The predicted octanol–water partition coefficient (Wildman–Crippen LogP) is 2.68. The smallest absolute Gasteiger partial charge is 0.149 e. The van der Waals surface area contributed by atoms with Gasteiger partial charge in [0.25, 0.3) is 0 Å². The molecule has 1 aromatic rings. The Morgan fingerprint density at radius 2 is 2.36 bits per heavy atom. The summed E-state index contributed by atoms with van der Waals surface area (Å²) in [4.78, 5) is 8.06. The molecule has 0 aliphatic rings. The van der Waals surface area contributed by atoms with Gasteiger partial charge in [0.15, 0.2) is 0 Å². The van der Waals surface area contributed by atoms with Gasteiger partial charge in [-0.1, -0.05) is 18.5 Å². The molecule has 1 aromatic heterocycles. The van der Waals surface area contributed by atoms with Gasteiger partial charge in [0.05, 0.1) is 12.4 Å². The van der Waals surface area contributed by atoms with Gasteiger partial charge in [-0.25, -0.2) is 4.98 Å². The summed E-state index contributed by atoms with van der Waals surface area (Å²) in [5.41, 5.74) is 0. The number of thioether (sulfide) groups is 1. The van der Waals surface area contributed by atoms with Gasteiger partial charge >= 0.3 is 0 Å². The van der Waals surface area contributed by atoms with Gasteiger partial charge in [-0.05, 0) is 12.7 Å². The number of nitrogens with zero attached hydrogens (tertiary/aromatic N) is 2. The molecule has 0 radical (unpaired) electrons. The first-order valence-corrected chi connectivity index (χ1v) is 6.07. The lowest BCUT2D eigenvalue weighted by Crippen LogP contribution is -2.18. The molecule has 1 N–H and O–H groups in total. The molecule has 0 bridgehead atoms. The van der Waals surface area contributed by atoms with Crippen molar-refractivity contribution >= 4 is 29.2 Å². The molecule has 1 rings (SSSR count). The van der Waals surface area contributed by atoms with Crippen molar-refractivity contribution in [1.82, 2.24) is 9.97 Å². The lowest BCUT2D eigenvalue weighted by atomic mass is 10.4. The second-order valence-corrected chi connectivity index (χ2v) is 4.64. The molecule has 78 valence electrons. The van der Waals surface area contributed by atoms with Crippen LogP contribution in [-0.2, 0) is 0 Å². The Kier molecular flexibility index (Phi) is 5.04. The Bertz CT molecular complexity index is 283. The van der Waals surface area contributed by atoms with E-state index in [0.717, 1.165) is 17.3 Å². The van der Waals surface area contributed by atoms with Gasteiger partial charge in [0, 0.05) is 11.8 Å². The van der Waals surface area contributed by atoms with E-state index >= 15 is 0 Å². The van der Waals surface area contributed by atoms with E-state index in [0.29, 0.717) is 11.2 Å². The molecule has 1 atom stereocenters. The van der Waals surface area contributed by atoms with Crippen molar-refractivity contribution < 1.29 is 0 Å². The number of aromatic nitrogens is 2. The third kappa shape index (κ3) is 4.15. The molecule has 0 aromatic carbocycles. The van der Waals surface area contributed by atoms with Crippen LogP contribution in [-0.4, -0.2) is 27.5 Å². The monoisotopic (exact) mass is 231 g/mol. The van der Waals surface area contributed by atoms with Crippen molar-refractivity contribution in [2.24, 2.45) is 0 Å². The maximum Gasteiger partial charge on any atom is 0.149 e. The molecule has 0 saturated carbocycles. The third-order valence-corrected chi connectivity index (χ3v) is 2.90. The van der Waals surface area contributed by atoms with Crippen LogP contribution < -0.4 is 5.32 Å². The molecular formula is C9H14ClN3S. The van der Waals surface area contributed by atoms with E-state index in [2.05, 4.69) is 29.1 Å². The highest BCUT2D eigenvalue weighted by Crippen LogP contribution is 2.10. The molecule has 14 heavy (non-hydrogen) atoms. The third-order valence-electron chi connectivity index (χ3n) is 1.57. The van der Waals surface area contributed by atoms with Gasteiger partial charge < -0.3 is 5.32 Å². The van der Waals surface area contributed by atoms with Crippen LogP contribution in [0.4, 0.5) is 5.82 Å². The summed E-state index contributed by atoms with van der Waals surface area (Å²) >= 11 is 7.61. The van der Waals surface area contributed by atoms with Crippen LogP contribution in [0.5, 0.6) is 0 Å². The number of anilines is 1. The number of rotatable bonds is 5. The van der Waals surface area contributed by atoms with Gasteiger partial charge in [-0.2, -0.15) is 11.8 Å². The van der Waals surface area contributed by atoms with E-state index in [1.807, 2.05) is 11.8 Å². The van der Waals surface area contributed by atoms with Gasteiger partial charge in [0.2, 0.25) is 0 Å². The number of hydrogen-bond donors (Lipinski definition) is 1. The molecular weight excluding hydrogens is 218 g/mol. The number of halogens is 1. The van der Waals surface area contributed by atoms with Gasteiger partial charge in [-0.3, -0.25) is 4.98 Å². The molecule has 0 aliphatic heterocycles. The Morgan fingerprint density at radius 1 is 1.57 bits per heavy atom. The normalized spacial score (nSPS) is 12.5. The van der Waals surface area contributed by atoms with E-state index < -0.39 is 0 Å². The first-order valence-electron chi connectivity index (χ1n) is 4.54. The minimum Gasteiger partial charge on any atom is -0.365 e. The summed E-state index contributed by atoms with van der Waals surface area (Å²) < 4.78 is 0. The Morgan fingerprint density at radius 3 is 3.00 bits per heavy atom. The van der Waals surface area contributed by atoms with Crippen molar-refractivity contribution in [3.05, 3.63) is 17.5 Å². The summed E-state index contributed by atoms with van der Waals surface area (Å²) in [5.74, 6) is 2.93. The van der Waals surface area contributed by atoms with Crippen LogP contribution in [0.25, 0.3) is 0 Å². The predicted molar refractivity (Wildman–Crippen MR) is 63.1 cm³/mol. The fourth-order valence-corrected chi connectivity index (χ4v) is 1.82. The first-order chi connectivity index (χ1) is 6.72. The summed E-state index contributed by atoms with van der Waals surface area (Å²) in [6.07, 6.45) is 3.21. The summed E-state index contributed by atoms with van der Waals surface area (Å²) in [6.45, 7) is 4.27. The molecule has 0 spiro atoms. The maximum absolute atomic E-state index is 5.71. The van der Waals surface area contributed by atoms with Crippen molar-refractivity contribution in [2.45, 2.75) is 19.9 Å². The van der Waals surface area contributed by atoms with E-state index in [4.69, 9.17) is 11.6 Å². The van der Waals surface area contributed by atoms with Crippen LogP contribution in [0.2, 0.25) is 5.15 Å². The van der Waals surface area contributed by atoms with Gasteiger partial charge in [0.1, 0.15) is 11.0 Å². The molecule has 0 amide bonds. The molecule has 1 unspecified atom stereocenters. The minimum atomic E-state index is 0.382. The SMILES string of the molecule is CCSCC(C)Nc1cncc(Cl)n1. The van der Waals surface area contributed by atoms with Crippen molar-refractivity contribution in [3.63, 3.8) is 0 Å². The van der Waals surface area contributed by atoms with E-state index in [9.17, 15) is 0 Å².